The van der Waals surface area contributed by atoms with E-state index in [-0.39, 0.29) is 22.3 Å². The number of anilines is 1. The summed E-state index contributed by atoms with van der Waals surface area (Å²) < 4.78 is 104. The fourth-order valence-electron chi connectivity index (χ4n) is 2.56. The molecule has 0 unspecified atom stereocenters. The lowest BCUT2D eigenvalue weighted by atomic mass is 10.1. The van der Waals surface area contributed by atoms with Crippen LogP contribution in [0.2, 0.25) is 0 Å². The average molecular weight is 483 g/mol. The molecule has 32 heavy (non-hydrogen) atoms. The van der Waals surface area contributed by atoms with E-state index in [0.29, 0.717) is 18.5 Å². The van der Waals surface area contributed by atoms with Crippen LogP contribution in [-0.4, -0.2) is 27.8 Å². The molecule has 0 aliphatic heterocycles. The molecule has 2 aromatic heterocycles. The van der Waals surface area contributed by atoms with Crippen molar-refractivity contribution in [3.05, 3.63) is 47.5 Å². The number of carbonyl (C=O) groups excluding carboxylic acids is 1. The van der Waals surface area contributed by atoms with Gasteiger partial charge in [0, 0.05) is 17.1 Å². The maximum atomic E-state index is 13.4. The summed E-state index contributed by atoms with van der Waals surface area (Å²) in [7, 11) is 0. The Balaban J connectivity index is 1.89. The van der Waals surface area contributed by atoms with Gasteiger partial charge in [-0.1, -0.05) is 12.1 Å². The predicted octanol–water partition coefficient (Wildman–Crippen LogP) is 5.87. The van der Waals surface area contributed by atoms with Gasteiger partial charge in [0.2, 0.25) is 10.9 Å². The van der Waals surface area contributed by atoms with Crippen LogP contribution < -0.4 is 10.1 Å². The maximum Gasteiger partial charge on any atom is 0.450 e. The minimum absolute atomic E-state index is 0.0592. The Kier molecular flexibility index (Phi) is 6.44. The van der Waals surface area contributed by atoms with Crippen LogP contribution in [0.1, 0.15) is 28.9 Å². The summed E-state index contributed by atoms with van der Waals surface area (Å²) in [6, 6.07) is 5.44. The van der Waals surface area contributed by atoms with Crippen molar-refractivity contribution in [2.24, 2.45) is 0 Å². The molecule has 3 rings (SSSR count). The van der Waals surface area contributed by atoms with Crippen LogP contribution in [0.25, 0.3) is 11.3 Å². The number of ether oxygens (including phenoxy) is 1. The highest BCUT2D eigenvalue weighted by atomic mass is 32.1. The maximum absolute atomic E-state index is 13.4. The molecule has 3 aromatic rings. The van der Waals surface area contributed by atoms with Crippen molar-refractivity contribution in [3.8, 4) is 17.1 Å². The molecular weight excluding hydrogens is 471 g/mol. The van der Waals surface area contributed by atoms with E-state index in [4.69, 9.17) is 4.42 Å². The first-order valence-electron chi connectivity index (χ1n) is 8.60. The lowest BCUT2D eigenvalue weighted by Gasteiger charge is -2.06. The molecular formula is C18H12F7N3O3S. The number of furan rings is 1. The van der Waals surface area contributed by atoms with Crippen LogP contribution in [0, 0.1) is 0 Å². The van der Waals surface area contributed by atoms with Gasteiger partial charge < -0.3 is 9.15 Å². The van der Waals surface area contributed by atoms with Crippen molar-refractivity contribution in [1.29, 1.82) is 0 Å². The Hall–Kier alpha value is -3.16. The monoisotopic (exact) mass is 483 g/mol. The lowest BCUT2D eigenvalue weighted by molar-refractivity contribution is -0.153. The van der Waals surface area contributed by atoms with Crippen LogP contribution in [0.4, 0.5) is 35.9 Å². The third-order valence-corrected chi connectivity index (χ3v) is 4.40. The van der Waals surface area contributed by atoms with Crippen LogP contribution in [0.3, 0.4) is 0 Å². The molecule has 1 aromatic carbocycles. The highest BCUT2D eigenvalue weighted by molar-refractivity contribution is 7.09. The van der Waals surface area contributed by atoms with E-state index < -0.39 is 48.1 Å². The van der Waals surface area contributed by atoms with Crippen molar-refractivity contribution in [2.45, 2.75) is 32.1 Å². The Labute approximate surface area is 179 Å². The first-order chi connectivity index (χ1) is 14.8. The third-order valence-electron chi connectivity index (χ3n) is 3.73. The van der Waals surface area contributed by atoms with Gasteiger partial charge >= 0.3 is 12.8 Å². The number of benzene rings is 1. The summed E-state index contributed by atoms with van der Waals surface area (Å²) in [5, 5.41) is 1.76. The molecule has 1 amide bonds. The van der Waals surface area contributed by atoms with Gasteiger partial charge in [0.15, 0.2) is 5.82 Å². The highest BCUT2D eigenvalue weighted by Crippen LogP contribution is 2.38. The van der Waals surface area contributed by atoms with Gasteiger partial charge in [0.05, 0.1) is 12.0 Å². The SMILES string of the molecule is CC(F)(F)Cc1nsc(NC(=O)c2cc(-c3cccc(OC(F)F)c3)oc2C(F)(F)F)n1. The Morgan fingerprint density at radius 2 is 1.94 bits per heavy atom. The molecule has 0 saturated heterocycles. The molecule has 0 aliphatic carbocycles. The van der Waals surface area contributed by atoms with E-state index in [1.807, 2.05) is 0 Å². The quantitative estimate of drug-likeness (QED) is 0.426. The van der Waals surface area contributed by atoms with Crippen molar-refractivity contribution in [3.63, 3.8) is 0 Å². The Bertz CT molecular complexity index is 1110. The van der Waals surface area contributed by atoms with Crippen molar-refractivity contribution in [1.82, 2.24) is 9.36 Å². The second kappa shape index (κ2) is 8.76. The Morgan fingerprint density at radius 1 is 1.22 bits per heavy atom. The van der Waals surface area contributed by atoms with Crippen molar-refractivity contribution in [2.75, 3.05) is 5.32 Å². The summed E-state index contributed by atoms with van der Waals surface area (Å²) in [4.78, 5) is 16.1. The van der Waals surface area contributed by atoms with Gasteiger partial charge in [-0.2, -0.15) is 26.3 Å². The smallest absolute Gasteiger partial charge is 0.450 e. The number of nitrogens with zero attached hydrogens (tertiary/aromatic N) is 2. The standard InChI is InChI=1S/C18H12F7N3O3S/c1-17(21,22)7-12-26-16(32-28-12)27-14(29)10-6-11(31-13(10)18(23,24)25)8-3-2-4-9(5-8)30-15(19)20/h2-6,15H,7H2,1H3,(H,26,27,28,29). The van der Waals surface area contributed by atoms with E-state index in [1.165, 1.54) is 12.1 Å². The number of aromatic nitrogens is 2. The third kappa shape index (κ3) is 5.96. The molecule has 2 heterocycles. The van der Waals surface area contributed by atoms with Crippen LogP contribution in [0.5, 0.6) is 5.75 Å². The zero-order chi connectivity index (χ0) is 23.7. The zero-order valence-electron chi connectivity index (χ0n) is 15.8. The molecule has 0 bridgehead atoms. The highest BCUT2D eigenvalue weighted by Gasteiger charge is 2.41. The fraction of sp³-hybridized carbons (Fsp3) is 0.278. The van der Waals surface area contributed by atoms with Gasteiger partial charge in [0.1, 0.15) is 11.5 Å². The number of carbonyl (C=O) groups is 1. The number of amides is 1. The van der Waals surface area contributed by atoms with E-state index in [9.17, 15) is 35.5 Å². The predicted molar refractivity (Wildman–Crippen MR) is 98.0 cm³/mol. The number of hydrogen-bond acceptors (Lipinski definition) is 6. The topological polar surface area (TPSA) is 77.2 Å². The van der Waals surface area contributed by atoms with Gasteiger partial charge in [-0.05, 0) is 25.1 Å². The summed E-state index contributed by atoms with van der Waals surface area (Å²) in [5.41, 5.74) is -0.985. The molecule has 0 radical (unpaired) electrons. The van der Waals surface area contributed by atoms with E-state index in [0.717, 1.165) is 18.2 Å². The molecule has 0 aliphatic rings. The van der Waals surface area contributed by atoms with Gasteiger partial charge in [-0.3, -0.25) is 10.1 Å². The summed E-state index contributed by atoms with van der Waals surface area (Å²) in [6.45, 7) is -2.52. The molecule has 0 atom stereocenters. The largest absolute Gasteiger partial charge is 0.451 e. The number of rotatable bonds is 7. The van der Waals surface area contributed by atoms with Crippen LogP contribution in [-0.2, 0) is 12.6 Å². The van der Waals surface area contributed by atoms with Gasteiger partial charge in [0.25, 0.3) is 11.8 Å². The molecule has 1 N–H and O–H groups in total. The molecule has 6 nitrogen and oxygen atoms in total. The average Bonchev–Trinajstić information content (AvgIpc) is 3.27. The first-order valence-corrected chi connectivity index (χ1v) is 9.37. The molecule has 14 heteroatoms. The van der Waals surface area contributed by atoms with Gasteiger partial charge in [-0.15, -0.1) is 0 Å². The number of hydrogen-bond donors (Lipinski definition) is 1. The van der Waals surface area contributed by atoms with Gasteiger partial charge in [-0.25, -0.2) is 13.8 Å². The zero-order valence-corrected chi connectivity index (χ0v) is 16.7. The number of nitrogens with one attached hydrogen (secondary N) is 1. The van der Waals surface area contributed by atoms with Crippen molar-refractivity contribution < 1.29 is 44.7 Å². The normalized spacial score (nSPS) is 12.3. The fourth-order valence-corrected chi connectivity index (χ4v) is 3.14. The summed E-state index contributed by atoms with van der Waals surface area (Å²) in [5.74, 6) is -7.10. The van der Waals surface area contributed by atoms with E-state index in [2.05, 4.69) is 19.4 Å². The molecule has 172 valence electrons. The van der Waals surface area contributed by atoms with Crippen molar-refractivity contribution >= 4 is 22.6 Å². The lowest BCUT2D eigenvalue weighted by Crippen LogP contribution is -2.17. The summed E-state index contributed by atoms with van der Waals surface area (Å²) in [6.07, 6.45) is -5.89. The minimum Gasteiger partial charge on any atom is -0.451 e. The second-order valence-electron chi connectivity index (χ2n) is 6.47. The molecule has 0 fully saturated rings. The minimum atomic E-state index is -5.07. The van der Waals surface area contributed by atoms with Crippen LogP contribution >= 0.6 is 11.5 Å². The van der Waals surface area contributed by atoms with E-state index in [1.54, 1.807) is 0 Å². The number of halogens is 7. The Morgan fingerprint density at radius 3 is 2.56 bits per heavy atom. The molecule has 0 spiro atoms. The first kappa shape index (κ1) is 23.5. The van der Waals surface area contributed by atoms with E-state index >= 15 is 0 Å². The van der Waals surface area contributed by atoms with Crippen LogP contribution in [0.15, 0.2) is 34.7 Å². The number of alkyl halides is 7. The molecule has 0 saturated carbocycles. The second-order valence-corrected chi connectivity index (χ2v) is 7.23. The summed E-state index contributed by atoms with van der Waals surface area (Å²) >= 11 is 0.512.